The summed E-state index contributed by atoms with van der Waals surface area (Å²) in [6, 6.07) is 15.1. The van der Waals surface area contributed by atoms with Crippen LogP contribution >= 0.6 is 0 Å². The maximum atomic E-state index is 9.55. The Morgan fingerprint density at radius 2 is 1.80 bits per heavy atom. The van der Waals surface area contributed by atoms with Gasteiger partial charge in [0.15, 0.2) is 11.5 Å². The van der Waals surface area contributed by atoms with Gasteiger partial charge < -0.3 is 24.4 Å². The number of aromatic nitrogens is 2. The predicted molar refractivity (Wildman–Crippen MR) is 113 cm³/mol. The van der Waals surface area contributed by atoms with E-state index in [9.17, 15) is 5.11 Å². The summed E-state index contributed by atoms with van der Waals surface area (Å²) in [6.45, 7) is 1.46. The van der Waals surface area contributed by atoms with Crippen molar-refractivity contribution in [1.29, 1.82) is 0 Å². The van der Waals surface area contributed by atoms with E-state index in [1.165, 1.54) is 7.11 Å². The van der Waals surface area contributed by atoms with Crippen LogP contribution in [-0.4, -0.2) is 46.6 Å². The van der Waals surface area contributed by atoms with Gasteiger partial charge in [-0.15, -0.1) is 0 Å². The number of hydrogen-bond acceptors (Lipinski definition) is 7. The van der Waals surface area contributed by atoms with Crippen molar-refractivity contribution in [3.63, 3.8) is 0 Å². The molecule has 0 amide bonds. The molecule has 0 saturated heterocycles. The molecule has 0 aliphatic carbocycles. The van der Waals surface area contributed by atoms with E-state index in [2.05, 4.69) is 9.97 Å². The van der Waals surface area contributed by atoms with Gasteiger partial charge in [-0.3, -0.25) is 4.98 Å². The molecule has 0 saturated carbocycles. The zero-order valence-electron chi connectivity index (χ0n) is 16.7. The molecule has 2 aromatic heterocycles. The first-order valence-electron chi connectivity index (χ1n) is 9.51. The molecule has 7 heteroatoms. The average molecular weight is 406 g/mol. The molecule has 0 aliphatic heterocycles. The van der Waals surface area contributed by atoms with Crippen LogP contribution in [0, 0.1) is 6.92 Å². The number of rotatable bonds is 7. The number of aliphatic hydroxyl groups excluding tert-OH is 2. The van der Waals surface area contributed by atoms with Gasteiger partial charge >= 0.3 is 0 Å². The Morgan fingerprint density at radius 1 is 0.967 bits per heavy atom. The van der Waals surface area contributed by atoms with Crippen LogP contribution in [0.1, 0.15) is 5.69 Å². The van der Waals surface area contributed by atoms with Crippen LogP contribution in [0.3, 0.4) is 0 Å². The molecule has 2 heterocycles. The summed E-state index contributed by atoms with van der Waals surface area (Å²) in [6.07, 6.45) is 0.678. The number of pyridine rings is 2. The van der Waals surface area contributed by atoms with E-state index in [1.54, 1.807) is 24.4 Å². The number of hydrogen-bond donors (Lipinski definition) is 2. The summed E-state index contributed by atoms with van der Waals surface area (Å²) in [7, 11) is 1.53. The second-order valence-corrected chi connectivity index (χ2v) is 6.84. The Labute approximate surface area is 173 Å². The van der Waals surface area contributed by atoms with Crippen LogP contribution in [0.25, 0.3) is 21.8 Å². The zero-order chi connectivity index (χ0) is 21.1. The summed E-state index contributed by atoms with van der Waals surface area (Å²) in [4.78, 5) is 9.02. The highest BCUT2D eigenvalue weighted by Gasteiger charge is 2.14. The first-order chi connectivity index (χ1) is 14.6. The van der Waals surface area contributed by atoms with Crippen molar-refractivity contribution in [2.24, 2.45) is 0 Å². The third kappa shape index (κ3) is 3.98. The molecule has 1 unspecified atom stereocenters. The second kappa shape index (κ2) is 8.52. The molecule has 0 fully saturated rings. The quantitative estimate of drug-likeness (QED) is 0.484. The van der Waals surface area contributed by atoms with Gasteiger partial charge in [0.05, 0.1) is 30.4 Å². The van der Waals surface area contributed by atoms with Crippen molar-refractivity contribution in [2.75, 3.05) is 20.3 Å². The zero-order valence-corrected chi connectivity index (χ0v) is 16.7. The molecular formula is C23H22N2O5. The van der Waals surface area contributed by atoms with Crippen molar-refractivity contribution >= 4 is 21.8 Å². The Balaban J connectivity index is 1.72. The van der Waals surface area contributed by atoms with Gasteiger partial charge in [-0.05, 0) is 31.2 Å². The highest BCUT2D eigenvalue weighted by Crippen LogP contribution is 2.38. The highest BCUT2D eigenvalue weighted by atomic mass is 16.5. The van der Waals surface area contributed by atoms with Crippen LogP contribution in [0.5, 0.6) is 23.0 Å². The number of para-hydroxylation sites is 1. The predicted octanol–water partition coefficient (Wildman–Crippen LogP) is 3.62. The van der Waals surface area contributed by atoms with Crippen molar-refractivity contribution in [3.8, 4) is 23.0 Å². The molecular weight excluding hydrogens is 384 g/mol. The number of methoxy groups -OCH3 is 1. The fraction of sp³-hybridized carbons (Fsp3) is 0.217. The van der Waals surface area contributed by atoms with Gasteiger partial charge in [0, 0.05) is 23.0 Å². The summed E-state index contributed by atoms with van der Waals surface area (Å²) in [5.41, 5.74) is 2.34. The minimum absolute atomic E-state index is 0.0590. The fourth-order valence-electron chi connectivity index (χ4n) is 3.14. The molecule has 0 aliphatic rings. The minimum atomic E-state index is -0.976. The largest absolute Gasteiger partial charge is 0.493 e. The van der Waals surface area contributed by atoms with Gasteiger partial charge in [-0.25, -0.2) is 4.98 Å². The van der Waals surface area contributed by atoms with Crippen LogP contribution in [0.2, 0.25) is 0 Å². The van der Waals surface area contributed by atoms with Gasteiger partial charge in [-0.1, -0.05) is 18.2 Å². The summed E-state index contributed by atoms with van der Waals surface area (Å²) >= 11 is 0. The average Bonchev–Trinajstić information content (AvgIpc) is 2.77. The molecule has 2 aromatic carbocycles. The molecule has 154 valence electrons. The Kier molecular flexibility index (Phi) is 5.65. The third-order valence-electron chi connectivity index (χ3n) is 4.72. The number of benzene rings is 2. The maximum absolute atomic E-state index is 9.55. The molecule has 0 radical (unpaired) electrons. The molecule has 7 nitrogen and oxygen atoms in total. The topological polar surface area (TPSA) is 93.9 Å². The van der Waals surface area contributed by atoms with E-state index >= 15 is 0 Å². The Morgan fingerprint density at radius 3 is 2.60 bits per heavy atom. The fourth-order valence-corrected chi connectivity index (χ4v) is 3.14. The molecule has 0 spiro atoms. The summed E-state index contributed by atoms with van der Waals surface area (Å²) in [5, 5.41) is 20.3. The lowest BCUT2D eigenvalue weighted by Gasteiger charge is -2.15. The molecule has 1 atom stereocenters. The van der Waals surface area contributed by atoms with Gasteiger partial charge in [0.1, 0.15) is 24.2 Å². The van der Waals surface area contributed by atoms with Crippen LogP contribution in [-0.2, 0) is 0 Å². The van der Waals surface area contributed by atoms with Crippen LogP contribution in [0.4, 0.5) is 0 Å². The number of aryl methyl sites for hydroxylation is 1. The number of fused-ring (bicyclic) bond motifs is 2. The van der Waals surface area contributed by atoms with Crippen LogP contribution in [0.15, 0.2) is 54.7 Å². The summed E-state index contributed by atoms with van der Waals surface area (Å²) in [5.74, 6) is 2.16. The van der Waals surface area contributed by atoms with Crippen molar-refractivity contribution in [3.05, 3.63) is 60.4 Å². The molecule has 0 bridgehead atoms. The maximum Gasteiger partial charge on any atom is 0.163 e. The van der Waals surface area contributed by atoms with E-state index in [0.717, 1.165) is 22.0 Å². The normalized spacial score (nSPS) is 12.1. The second-order valence-electron chi connectivity index (χ2n) is 6.84. The van der Waals surface area contributed by atoms with Crippen LogP contribution < -0.4 is 14.2 Å². The van der Waals surface area contributed by atoms with Crippen molar-refractivity contribution < 1.29 is 24.4 Å². The smallest absolute Gasteiger partial charge is 0.163 e. The summed E-state index contributed by atoms with van der Waals surface area (Å²) < 4.78 is 17.2. The van der Waals surface area contributed by atoms with Gasteiger partial charge in [-0.2, -0.15) is 0 Å². The monoisotopic (exact) mass is 406 g/mol. The van der Waals surface area contributed by atoms with E-state index in [1.807, 2.05) is 37.3 Å². The first kappa shape index (κ1) is 19.9. The minimum Gasteiger partial charge on any atom is -0.493 e. The Hall–Kier alpha value is -3.42. The molecule has 2 N–H and O–H groups in total. The molecule has 30 heavy (non-hydrogen) atoms. The lowest BCUT2D eigenvalue weighted by atomic mass is 10.1. The van der Waals surface area contributed by atoms with E-state index in [4.69, 9.17) is 19.3 Å². The number of aliphatic hydroxyl groups is 2. The lowest BCUT2D eigenvalue weighted by Crippen LogP contribution is -2.21. The van der Waals surface area contributed by atoms with E-state index in [0.29, 0.717) is 28.5 Å². The molecule has 4 aromatic rings. The van der Waals surface area contributed by atoms with Crippen molar-refractivity contribution in [1.82, 2.24) is 9.97 Å². The van der Waals surface area contributed by atoms with E-state index in [-0.39, 0.29) is 13.2 Å². The van der Waals surface area contributed by atoms with Crippen molar-refractivity contribution in [2.45, 2.75) is 13.0 Å². The standard InChI is InChI=1S/C23H22N2O5/c1-14-21(9-15-5-3-4-6-18(15)25-14)30-20-7-8-24-19-11-23(29-13-16(27)12-26)22(28-2)10-17(19)20/h3-11,16,26-27H,12-13H2,1-2H3. The van der Waals surface area contributed by atoms with Gasteiger partial charge in [0.25, 0.3) is 0 Å². The third-order valence-corrected chi connectivity index (χ3v) is 4.72. The Bertz CT molecular complexity index is 1200. The lowest BCUT2D eigenvalue weighted by molar-refractivity contribution is 0.0528. The SMILES string of the molecule is COc1cc2c(Oc3cc4ccccc4nc3C)ccnc2cc1OCC(O)CO. The van der Waals surface area contributed by atoms with Gasteiger partial charge in [0.2, 0.25) is 0 Å². The first-order valence-corrected chi connectivity index (χ1v) is 9.51. The van der Waals surface area contributed by atoms with E-state index < -0.39 is 6.10 Å². The molecule has 4 rings (SSSR count). The number of nitrogens with zero attached hydrogens (tertiary/aromatic N) is 2. The number of ether oxygens (including phenoxy) is 3. The highest BCUT2D eigenvalue weighted by molar-refractivity contribution is 5.88.